The number of hydrogen-bond donors (Lipinski definition) is 3. The molecule has 0 aliphatic heterocycles. The van der Waals surface area contributed by atoms with E-state index in [9.17, 15) is 18.3 Å². The summed E-state index contributed by atoms with van der Waals surface area (Å²) in [6.45, 7) is 0. The average Bonchev–Trinajstić information content (AvgIpc) is 2.54. The largest absolute Gasteiger partial charge is 0.508 e. The van der Waals surface area contributed by atoms with Crippen molar-refractivity contribution in [2.24, 2.45) is 5.84 Å². The van der Waals surface area contributed by atoms with Crippen molar-refractivity contribution in [2.45, 2.75) is 4.90 Å². The summed E-state index contributed by atoms with van der Waals surface area (Å²) in [7, 11) is -2.61. The van der Waals surface area contributed by atoms with Crippen LogP contribution in [0.3, 0.4) is 0 Å². The second-order valence-corrected chi connectivity index (χ2v) is 6.04. The fourth-order valence-corrected chi connectivity index (χ4v) is 2.69. The SMILES string of the molecule is COc1ccc(S(=O)(=O)NN)c(C(=O)c2ccc(O)cc2)c1. The van der Waals surface area contributed by atoms with Crippen LogP contribution in [0.2, 0.25) is 0 Å². The smallest absolute Gasteiger partial charge is 0.253 e. The van der Waals surface area contributed by atoms with Gasteiger partial charge in [0, 0.05) is 11.1 Å². The molecule has 0 unspecified atom stereocenters. The van der Waals surface area contributed by atoms with Gasteiger partial charge in [-0.2, -0.15) is 4.83 Å². The number of benzene rings is 2. The lowest BCUT2D eigenvalue weighted by Gasteiger charge is -2.11. The molecule has 0 spiro atoms. The molecular weight excluding hydrogens is 308 g/mol. The number of carbonyl (C=O) groups excluding carboxylic acids is 1. The van der Waals surface area contributed by atoms with Crippen molar-refractivity contribution >= 4 is 15.8 Å². The van der Waals surface area contributed by atoms with E-state index in [2.05, 4.69) is 0 Å². The Hall–Kier alpha value is -2.42. The molecule has 4 N–H and O–H groups in total. The third kappa shape index (κ3) is 3.08. The molecule has 0 heterocycles. The van der Waals surface area contributed by atoms with Crippen molar-refractivity contribution in [3.8, 4) is 11.5 Å². The predicted octanol–water partition coefficient (Wildman–Crippen LogP) is 0.784. The number of aromatic hydroxyl groups is 1. The number of sulfonamides is 1. The van der Waals surface area contributed by atoms with Gasteiger partial charge in [-0.05, 0) is 42.5 Å². The number of ether oxygens (including phenoxy) is 1. The van der Waals surface area contributed by atoms with Crippen LogP contribution in [0.5, 0.6) is 11.5 Å². The number of methoxy groups -OCH3 is 1. The van der Waals surface area contributed by atoms with Crippen LogP contribution in [0.1, 0.15) is 15.9 Å². The van der Waals surface area contributed by atoms with Crippen molar-refractivity contribution in [1.82, 2.24) is 4.83 Å². The van der Waals surface area contributed by atoms with Crippen molar-refractivity contribution < 1.29 is 23.1 Å². The van der Waals surface area contributed by atoms with Gasteiger partial charge in [0.05, 0.1) is 12.0 Å². The summed E-state index contributed by atoms with van der Waals surface area (Å²) >= 11 is 0. The lowest BCUT2D eigenvalue weighted by molar-refractivity contribution is 0.103. The van der Waals surface area contributed by atoms with Crippen LogP contribution in [-0.4, -0.2) is 26.4 Å². The van der Waals surface area contributed by atoms with E-state index >= 15 is 0 Å². The molecule has 0 atom stereocenters. The van der Waals surface area contributed by atoms with E-state index in [0.717, 1.165) is 0 Å². The highest BCUT2D eigenvalue weighted by atomic mass is 32.2. The highest BCUT2D eigenvalue weighted by molar-refractivity contribution is 7.89. The molecule has 0 aromatic heterocycles. The Morgan fingerprint density at radius 1 is 1.18 bits per heavy atom. The van der Waals surface area contributed by atoms with E-state index in [1.54, 1.807) is 4.83 Å². The van der Waals surface area contributed by atoms with Crippen LogP contribution in [0.15, 0.2) is 47.4 Å². The molecule has 7 nitrogen and oxygen atoms in total. The van der Waals surface area contributed by atoms with Gasteiger partial charge < -0.3 is 9.84 Å². The molecule has 0 amide bonds. The Labute approximate surface area is 127 Å². The van der Waals surface area contributed by atoms with E-state index in [4.69, 9.17) is 10.6 Å². The molecule has 116 valence electrons. The van der Waals surface area contributed by atoms with E-state index in [1.807, 2.05) is 0 Å². The molecule has 2 rings (SSSR count). The van der Waals surface area contributed by atoms with E-state index < -0.39 is 15.8 Å². The molecular formula is C14H14N2O5S. The Morgan fingerprint density at radius 3 is 2.36 bits per heavy atom. The zero-order chi connectivity index (χ0) is 16.3. The summed E-state index contributed by atoms with van der Waals surface area (Å²) in [5, 5.41) is 9.26. The first-order valence-electron chi connectivity index (χ1n) is 6.13. The molecule has 0 aliphatic rings. The standard InChI is InChI=1S/C14H14N2O5S/c1-21-11-6-7-13(22(19,20)16-15)12(8-11)14(18)9-2-4-10(17)5-3-9/h2-8,16-17H,15H2,1H3. The first kappa shape index (κ1) is 16.0. The van der Waals surface area contributed by atoms with Gasteiger partial charge in [-0.1, -0.05) is 0 Å². The summed E-state index contributed by atoms with van der Waals surface area (Å²) in [5.74, 6) is 4.82. The number of ketones is 1. The lowest BCUT2D eigenvalue weighted by Crippen LogP contribution is -2.31. The van der Waals surface area contributed by atoms with E-state index in [1.165, 1.54) is 49.6 Å². The monoisotopic (exact) mass is 322 g/mol. The Morgan fingerprint density at radius 2 is 1.82 bits per heavy atom. The highest BCUT2D eigenvalue weighted by Crippen LogP contribution is 2.24. The maximum atomic E-state index is 12.5. The summed E-state index contributed by atoms with van der Waals surface area (Å²) in [4.78, 5) is 14.0. The third-order valence-corrected chi connectivity index (χ3v) is 4.25. The number of nitrogens with two attached hydrogens (primary N) is 1. The van der Waals surface area contributed by atoms with Gasteiger partial charge in [-0.25, -0.2) is 8.42 Å². The minimum Gasteiger partial charge on any atom is -0.508 e. The van der Waals surface area contributed by atoms with Crippen molar-refractivity contribution in [2.75, 3.05) is 7.11 Å². The number of rotatable bonds is 5. The Balaban J connectivity index is 2.61. The number of hydrazine groups is 1. The van der Waals surface area contributed by atoms with E-state index in [0.29, 0.717) is 5.75 Å². The number of nitrogens with one attached hydrogen (secondary N) is 1. The number of phenolic OH excluding ortho intramolecular Hbond substituents is 1. The molecule has 0 fully saturated rings. The molecule has 2 aromatic carbocycles. The topological polar surface area (TPSA) is 119 Å². The minimum atomic E-state index is -4.01. The zero-order valence-electron chi connectivity index (χ0n) is 11.6. The quantitative estimate of drug-likeness (QED) is 0.425. The number of carbonyl (C=O) groups is 1. The van der Waals surface area contributed by atoms with Gasteiger partial charge >= 0.3 is 0 Å². The first-order valence-corrected chi connectivity index (χ1v) is 7.61. The molecule has 8 heteroatoms. The fourth-order valence-electron chi connectivity index (χ4n) is 1.88. The fraction of sp³-hybridized carbons (Fsp3) is 0.0714. The van der Waals surface area contributed by atoms with Crippen LogP contribution in [0, 0.1) is 0 Å². The lowest BCUT2D eigenvalue weighted by atomic mass is 10.0. The van der Waals surface area contributed by atoms with Crippen LogP contribution in [0.4, 0.5) is 0 Å². The van der Waals surface area contributed by atoms with Gasteiger partial charge in [-0.3, -0.25) is 10.6 Å². The maximum absolute atomic E-state index is 12.5. The van der Waals surface area contributed by atoms with Gasteiger partial charge in [0.2, 0.25) is 0 Å². The van der Waals surface area contributed by atoms with Crippen LogP contribution in [-0.2, 0) is 10.0 Å². The molecule has 0 saturated heterocycles. The summed E-state index contributed by atoms with van der Waals surface area (Å²) in [5.41, 5.74) is 0.141. The molecule has 0 saturated carbocycles. The maximum Gasteiger partial charge on any atom is 0.253 e. The molecule has 0 aliphatic carbocycles. The zero-order valence-corrected chi connectivity index (χ0v) is 12.4. The third-order valence-electron chi connectivity index (χ3n) is 3.01. The van der Waals surface area contributed by atoms with Crippen molar-refractivity contribution in [3.63, 3.8) is 0 Å². The second-order valence-electron chi connectivity index (χ2n) is 4.36. The van der Waals surface area contributed by atoms with Crippen LogP contribution in [0.25, 0.3) is 0 Å². The summed E-state index contributed by atoms with van der Waals surface area (Å²) < 4.78 is 28.9. The molecule has 0 radical (unpaired) electrons. The summed E-state index contributed by atoms with van der Waals surface area (Å²) in [6.07, 6.45) is 0. The van der Waals surface area contributed by atoms with Crippen LogP contribution < -0.4 is 15.4 Å². The van der Waals surface area contributed by atoms with E-state index in [-0.39, 0.29) is 21.8 Å². The first-order chi connectivity index (χ1) is 10.4. The highest BCUT2D eigenvalue weighted by Gasteiger charge is 2.23. The van der Waals surface area contributed by atoms with Crippen LogP contribution >= 0.6 is 0 Å². The Kier molecular flexibility index (Phi) is 4.45. The van der Waals surface area contributed by atoms with Gasteiger partial charge in [0.1, 0.15) is 11.5 Å². The van der Waals surface area contributed by atoms with Crippen molar-refractivity contribution in [3.05, 3.63) is 53.6 Å². The molecule has 0 bridgehead atoms. The molecule has 22 heavy (non-hydrogen) atoms. The number of phenols is 1. The van der Waals surface area contributed by atoms with Crippen molar-refractivity contribution in [1.29, 1.82) is 0 Å². The number of hydrogen-bond acceptors (Lipinski definition) is 6. The second kappa shape index (κ2) is 6.14. The predicted molar refractivity (Wildman–Crippen MR) is 79.0 cm³/mol. The van der Waals surface area contributed by atoms with Gasteiger partial charge in [0.15, 0.2) is 5.78 Å². The minimum absolute atomic E-state index is 0.00124. The Bertz CT molecular complexity index is 800. The average molecular weight is 322 g/mol. The normalized spacial score (nSPS) is 11.2. The van der Waals surface area contributed by atoms with Gasteiger partial charge in [-0.15, -0.1) is 0 Å². The summed E-state index contributed by atoms with van der Waals surface area (Å²) in [6, 6.07) is 9.43. The van der Waals surface area contributed by atoms with Gasteiger partial charge in [0.25, 0.3) is 10.0 Å². The molecule has 2 aromatic rings.